The molecule has 0 radical (unpaired) electrons. The molecule has 1 N–H and O–H groups in total. The summed E-state index contributed by atoms with van der Waals surface area (Å²) in [5.41, 5.74) is 1.49. The molecule has 0 saturated heterocycles. The second-order valence-electron chi connectivity index (χ2n) is 5.93. The molecule has 4 nitrogen and oxygen atoms in total. The van der Waals surface area contributed by atoms with Crippen molar-refractivity contribution in [2.24, 2.45) is 5.92 Å². The van der Waals surface area contributed by atoms with E-state index in [-0.39, 0.29) is 5.56 Å². The molecule has 2 aromatic carbocycles. The molecule has 0 saturated carbocycles. The molecule has 0 aliphatic carbocycles. The fourth-order valence-electron chi connectivity index (χ4n) is 2.73. The van der Waals surface area contributed by atoms with Crippen LogP contribution in [-0.4, -0.2) is 18.2 Å². The number of halogens is 2. The number of carboxylic acid groups (broad SMARTS) is 1. The zero-order chi connectivity index (χ0) is 18.1. The van der Waals surface area contributed by atoms with E-state index < -0.39 is 23.5 Å². The average Bonchev–Trinajstić information content (AvgIpc) is 2.97. The number of furan rings is 1. The van der Waals surface area contributed by atoms with Crippen molar-refractivity contribution in [1.29, 1.82) is 0 Å². The molecular weight excluding hydrogens is 330 g/mol. The van der Waals surface area contributed by atoms with Crippen LogP contribution in [0.2, 0.25) is 0 Å². The molecule has 0 aliphatic heterocycles. The van der Waals surface area contributed by atoms with Gasteiger partial charge in [0, 0.05) is 17.0 Å². The molecule has 1 aromatic heterocycles. The number of fused-ring (bicyclic) bond motifs is 1. The van der Waals surface area contributed by atoms with E-state index in [1.165, 1.54) is 19.2 Å². The SMILES string of the molecule is COc1cc(CC(C)C(=O)O)cc2cc(-c3cc(F)cc(F)c3)oc12. The summed E-state index contributed by atoms with van der Waals surface area (Å²) in [6.45, 7) is 1.62. The first-order valence-electron chi connectivity index (χ1n) is 7.67. The molecule has 0 spiro atoms. The topological polar surface area (TPSA) is 59.7 Å². The molecule has 0 fully saturated rings. The largest absolute Gasteiger partial charge is 0.493 e. The van der Waals surface area contributed by atoms with E-state index in [4.69, 9.17) is 14.3 Å². The molecule has 25 heavy (non-hydrogen) atoms. The third-order valence-corrected chi connectivity index (χ3v) is 3.97. The normalized spacial score (nSPS) is 12.3. The minimum Gasteiger partial charge on any atom is -0.493 e. The molecule has 0 aliphatic rings. The number of carbonyl (C=O) groups is 1. The summed E-state index contributed by atoms with van der Waals surface area (Å²) >= 11 is 0. The highest BCUT2D eigenvalue weighted by molar-refractivity contribution is 5.88. The minimum absolute atomic E-state index is 0.274. The van der Waals surface area contributed by atoms with E-state index in [0.29, 0.717) is 28.9 Å². The zero-order valence-corrected chi connectivity index (χ0v) is 13.7. The lowest BCUT2D eigenvalue weighted by molar-refractivity contribution is -0.141. The molecule has 1 unspecified atom stereocenters. The minimum atomic E-state index is -0.887. The highest BCUT2D eigenvalue weighted by Gasteiger charge is 2.17. The van der Waals surface area contributed by atoms with Crippen molar-refractivity contribution in [3.05, 3.63) is 53.6 Å². The van der Waals surface area contributed by atoms with Crippen LogP contribution >= 0.6 is 0 Å². The standard InChI is InChI=1S/C19H16F2O4/c1-10(19(22)23)3-11-4-13-8-16(25-18(13)17(5-11)24-2)12-6-14(20)9-15(21)7-12/h4-10H,3H2,1-2H3,(H,22,23). The average molecular weight is 346 g/mol. The fraction of sp³-hybridized carbons (Fsp3) is 0.211. The Hall–Kier alpha value is -2.89. The van der Waals surface area contributed by atoms with Crippen LogP contribution in [0.5, 0.6) is 5.75 Å². The summed E-state index contributed by atoms with van der Waals surface area (Å²) in [6.07, 6.45) is 0.330. The van der Waals surface area contributed by atoms with Crippen molar-refractivity contribution in [3.63, 3.8) is 0 Å². The van der Waals surface area contributed by atoms with Crippen LogP contribution in [-0.2, 0) is 11.2 Å². The molecule has 0 bridgehead atoms. The Morgan fingerprint density at radius 3 is 2.44 bits per heavy atom. The van der Waals surface area contributed by atoms with Crippen molar-refractivity contribution in [2.75, 3.05) is 7.11 Å². The van der Waals surface area contributed by atoms with Gasteiger partial charge < -0.3 is 14.3 Å². The van der Waals surface area contributed by atoms with Crippen LogP contribution in [0.25, 0.3) is 22.3 Å². The summed E-state index contributed by atoms with van der Waals surface area (Å²) < 4.78 is 37.9. The van der Waals surface area contributed by atoms with Crippen molar-refractivity contribution < 1.29 is 27.8 Å². The van der Waals surface area contributed by atoms with E-state index in [2.05, 4.69) is 0 Å². The van der Waals surface area contributed by atoms with Crippen molar-refractivity contribution >= 4 is 16.9 Å². The third-order valence-electron chi connectivity index (χ3n) is 3.97. The van der Waals surface area contributed by atoms with Gasteiger partial charge in [0.15, 0.2) is 11.3 Å². The Kier molecular flexibility index (Phi) is 4.44. The van der Waals surface area contributed by atoms with E-state index in [9.17, 15) is 13.6 Å². The maximum Gasteiger partial charge on any atom is 0.306 e. The number of rotatable bonds is 5. The predicted molar refractivity (Wildman–Crippen MR) is 88.6 cm³/mol. The van der Waals surface area contributed by atoms with Gasteiger partial charge in [0.1, 0.15) is 17.4 Å². The monoisotopic (exact) mass is 346 g/mol. The molecule has 3 aromatic rings. The predicted octanol–water partition coefficient (Wildman–Crippen LogP) is 4.65. The lowest BCUT2D eigenvalue weighted by Crippen LogP contribution is -2.12. The zero-order valence-electron chi connectivity index (χ0n) is 13.7. The van der Waals surface area contributed by atoms with Crippen molar-refractivity contribution in [3.8, 4) is 17.1 Å². The smallest absolute Gasteiger partial charge is 0.306 e. The maximum absolute atomic E-state index is 13.4. The van der Waals surface area contributed by atoms with Gasteiger partial charge in [-0.2, -0.15) is 0 Å². The van der Waals surface area contributed by atoms with Crippen LogP contribution in [0.1, 0.15) is 12.5 Å². The first kappa shape index (κ1) is 17.0. The number of hydrogen-bond donors (Lipinski definition) is 1. The number of ether oxygens (including phenoxy) is 1. The number of benzene rings is 2. The van der Waals surface area contributed by atoms with Crippen molar-refractivity contribution in [1.82, 2.24) is 0 Å². The Morgan fingerprint density at radius 2 is 1.84 bits per heavy atom. The van der Waals surface area contributed by atoms with Crippen molar-refractivity contribution in [2.45, 2.75) is 13.3 Å². The van der Waals surface area contributed by atoms with Gasteiger partial charge in [-0.1, -0.05) is 6.92 Å². The maximum atomic E-state index is 13.4. The summed E-state index contributed by atoms with van der Waals surface area (Å²) in [6, 6.07) is 8.31. The van der Waals surface area contributed by atoms with E-state index in [0.717, 1.165) is 11.6 Å². The van der Waals surface area contributed by atoms with Gasteiger partial charge in [-0.15, -0.1) is 0 Å². The summed E-state index contributed by atoms with van der Waals surface area (Å²) in [5, 5.41) is 9.74. The Morgan fingerprint density at radius 1 is 1.16 bits per heavy atom. The highest BCUT2D eigenvalue weighted by Crippen LogP contribution is 2.35. The van der Waals surface area contributed by atoms with Gasteiger partial charge in [0.25, 0.3) is 0 Å². The second-order valence-corrected chi connectivity index (χ2v) is 5.93. The molecular formula is C19H16F2O4. The van der Waals surface area contributed by atoms with Gasteiger partial charge in [-0.25, -0.2) is 8.78 Å². The van der Waals surface area contributed by atoms with Gasteiger partial charge in [0.2, 0.25) is 0 Å². The molecule has 130 valence electrons. The van der Waals surface area contributed by atoms with Gasteiger partial charge >= 0.3 is 5.97 Å². The lowest BCUT2D eigenvalue weighted by Gasteiger charge is -2.08. The number of methoxy groups -OCH3 is 1. The molecule has 6 heteroatoms. The van der Waals surface area contributed by atoms with Crippen LogP contribution in [0.4, 0.5) is 8.78 Å². The molecule has 0 amide bonds. The van der Waals surface area contributed by atoms with Gasteiger partial charge in [-0.05, 0) is 42.3 Å². The first-order valence-corrected chi connectivity index (χ1v) is 7.67. The van der Waals surface area contributed by atoms with Gasteiger partial charge in [0.05, 0.1) is 13.0 Å². The third kappa shape index (κ3) is 3.47. The number of carboxylic acids is 1. The number of hydrogen-bond acceptors (Lipinski definition) is 3. The van der Waals surface area contributed by atoms with Crippen LogP contribution < -0.4 is 4.74 Å². The molecule has 1 atom stereocenters. The fourth-order valence-corrected chi connectivity index (χ4v) is 2.73. The summed E-state index contributed by atoms with van der Waals surface area (Å²) in [5.74, 6) is -2.09. The first-order chi connectivity index (χ1) is 11.9. The van der Waals surface area contributed by atoms with Gasteiger partial charge in [-0.3, -0.25) is 4.79 Å². The lowest BCUT2D eigenvalue weighted by atomic mass is 10.00. The summed E-state index contributed by atoms with van der Waals surface area (Å²) in [4.78, 5) is 11.1. The summed E-state index contributed by atoms with van der Waals surface area (Å²) in [7, 11) is 1.48. The van der Waals surface area contributed by atoms with Crippen LogP contribution in [0, 0.1) is 17.6 Å². The highest BCUT2D eigenvalue weighted by atomic mass is 19.1. The van der Waals surface area contributed by atoms with Crippen LogP contribution in [0.3, 0.4) is 0 Å². The van der Waals surface area contributed by atoms with E-state index in [1.54, 1.807) is 25.1 Å². The van der Waals surface area contributed by atoms with E-state index >= 15 is 0 Å². The van der Waals surface area contributed by atoms with E-state index in [1.807, 2.05) is 0 Å². The van der Waals surface area contributed by atoms with Crippen LogP contribution in [0.15, 0.2) is 40.8 Å². The molecule has 3 rings (SSSR count). The molecule has 1 heterocycles. The Labute approximate surface area is 142 Å². The number of aliphatic carboxylic acids is 1. The quantitative estimate of drug-likeness (QED) is 0.730. The second kappa shape index (κ2) is 6.55. The Bertz CT molecular complexity index is 926. The Balaban J connectivity index is 2.08.